The molecule has 2 aliphatic rings. The Kier molecular flexibility index (Phi) is 3.93. The molecule has 0 bridgehead atoms. The average Bonchev–Trinajstić information content (AvgIpc) is 3.11. The molecule has 0 saturated carbocycles. The highest BCUT2D eigenvalue weighted by molar-refractivity contribution is 5.99. The first-order chi connectivity index (χ1) is 12.9. The number of nitrogens with zero attached hydrogens (tertiary/aromatic N) is 2. The van der Waals surface area contributed by atoms with Crippen LogP contribution in [0.15, 0.2) is 42.5 Å². The summed E-state index contributed by atoms with van der Waals surface area (Å²) in [7, 11) is 0. The van der Waals surface area contributed by atoms with Gasteiger partial charge in [-0.1, -0.05) is 12.1 Å². The Bertz CT molecular complexity index is 982. The van der Waals surface area contributed by atoms with Gasteiger partial charge in [-0.25, -0.2) is 4.39 Å². The van der Waals surface area contributed by atoms with E-state index < -0.39 is 11.4 Å². The number of hydrogen-bond acceptors (Lipinski definition) is 4. The predicted octanol–water partition coefficient (Wildman–Crippen LogP) is 1.61. The van der Waals surface area contributed by atoms with Crippen LogP contribution in [-0.4, -0.2) is 29.4 Å². The fraction of sp³-hybridized carbons (Fsp3) is 0.250. The largest absolute Gasteiger partial charge is 0.339 e. The molecule has 2 heterocycles. The molecule has 0 radical (unpaired) electrons. The molecule has 7 heteroatoms. The maximum atomic E-state index is 13.4. The summed E-state index contributed by atoms with van der Waals surface area (Å²) in [6.45, 7) is 2.23. The molecule has 0 spiro atoms. The van der Waals surface area contributed by atoms with Gasteiger partial charge in [0.2, 0.25) is 5.91 Å². The second-order valence-electron chi connectivity index (χ2n) is 6.90. The molecule has 2 aromatic carbocycles. The third-order valence-corrected chi connectivity index (χ3v) is 5.08. The van der Waals surface area contributed by atoms with E-state index in [1.807, 2.05) is 6.92 Å². The molecule has 0 aromatic heterocycles. The van der Waals surface area contributed by atoms with Crippen LogP contribution in [0.1, 0.15) is 34.0 Å². The summed E-state index contributed by atoms with van der Waals surface area (Å²) in [5, 5.41) is 15.1. The molecule has 2 amide bonds. The Morgan fingerprint density at radius 2 is 2.00 bits per heavy atom. The smallest absolute Gasteiger partial charge is 0.254 e. The van der Waals surface area contributed by atoms with Gasteiger partial charge in [0.15, 0.2) is 0 Å². The number of benzene rings is 2. The summed E-state index contributed by atoms with van der Waals surface area (Å²) in [6, 6.07) is 12.7. The van der Waals surface area contributed by atoms with Crippen molar-refractivity contribution in [3.8, 4) is 6.07 Å². The number of hydrogen-bond donors (Lipinski definition) is 2. The van der Waals surface area contributed by atoms with E-state index in [-0.39, 0.29) is 24.5 Å². The van der Waals surface area contributed by atoms with Gasteiger partial charge in [0.05, 0.1) is 24.3 Å². The standard InChI is InChI=1S/C20H17FN4O2/c1-12-23-19(27)20(24-12,15-3-5-16(21)6-4-15)11-25-10-14-8-13(9-22)2-7-17(14)18(25)26/h2-8,12,24H,10-11H2,1H3,(H,23,27). The molecule has 1 fully saturated rings. The summed E-state index contributed by atoms with van der Waals surface area (Å²) in [6.07, 6.45) is -0.284. The van der Waals surface area contributed by atoms with E-state index in [4.69, 9.17) is 5.26 Å². The van der Waals surface area contributed by atoms with Gasteiger partial charge in [0.1, 0.15) is 11.4 Å². The summed E-state index contributed by atoms with van der Waals surface area (Å²) in [5.41, 5.74) is 1.21. The Morgan fingerprint density at radius 3 is 2.63 bits per heavy atom. The number of fused-ring (bicyclic) bond motifs is 1. The second-order valence-corrected chi connectivity index (χ2v) is 6.90. The highest BCUT2D eigenvalue weighted by Crippen LogP contribution is 2.32. The number of nitrogens with one attached hydrogen (secondary N) is 2. The predicted molar refractivity (Wildman–Crippen MR) is 94.7 cm³/mol. The van der Waals surface area contributed by atoms with Gasteiger partial charge in [-0.15, -0.1) is 0 Å². The van der Waals surface area contributed by atoms with Gasteiger partial charge in [-0.05, 0) is 48.4 Å². The fourth-order valence-electron chi connectivity index (χ4n) is 3.81. The van der Waals surface area contributed by atoms with Gasteiger partial charge >= 0.3 is 0 Å². The molecule has 136 valence electrons. The molecule has 27 heavy (non-hydrogen) atoms. The van der Waals surface area contributed by atoms with Crippen molar-refractivity contribution in [2.45, 2.75) is 25.2 Å². The van der Waals surface area contributed by atoms with Gasteiger partial charge in [0, 0.05) is 12.1 Å². The summed E-state index contributed by atoms with van der Waals surface area (Å²) in [5.74, 6) is -0.845. The molecule has 2 unspecified atom stereocenters. The molecule has 2 aliphatic heterocycles. The van der Waals surface area contributed by atoms with Crippen molar-refractivity contribution < 1.29 is 14.0 Å². The normalized spacial score (nSPS) is 23.9. The third kappa shape index (κ3) is 2.75. The zero-order valence-electron chi connectivity index (χ0n) is 14.6. The van der Waals surface area contributed by atoms with Gasteiger partial charge in [-0.3, -0.25) is 14.9 Å². The average molecular weight is 364 g/mol. The maximum absolute atomic E-state index is 13.4. The Balaban J connectivity index is 1.69. The highest BCUT2D eigenvalue weighted by atomic mass is 19.1. The van der Waals surface area contributed by atoms with Crippen molar-refractivity contribution in [3.05, 3.63) is 70.5 Å². The number of nitriles is 1. The lowest BCUT2D eigenvalue weighted by Gasteiger charge is -2.32. The number of carbonyl (C=O) groups is 2. The summed E-state index contributed by atoms with van der Waals surface area (Å²) < 4.78 is 13.4. The van der Waals surface area contributed by atoms with E-state index in [1.54, 1.807) is 35.2 Å². The minimum absolute atomic E-state index is 0.101. The molecule has 2 aromatic rings. The van der Waals surface area contributed by atoms with E-state index in [1.165, 1.54) is 12.1 Å². The van der Waals surface area contributed by atoms with Crippen molar-refractivity contribution in [2.75, 3.05) is 6.54 Å². The lowest BCUT2D eigenvalue weighted by atomic mass is 9.89. The van der Waals surface area contributed by atoms with E-state index in [9.17, 15) is 14.0 Å². The Hall–Kier alpha value is -3.24. The minimum Gasteiger partial charge on any atom is -0.339 e. The van der Waals surface area contributed by atoms with Crippen LogP contribution in [0.5, 0.6) is 0 Å². The number of carbonyl (C=O) groups excluding carboxylic acids is 2. The molecule has 4 rings (SSSR count). The number of rotatable bonds is 3. The quantitative estimate of drug-likeness (QED) is 0.867. The molecular weight excluding hydrogens is 347 g/mol. The van der Waals surface area contributed by atoms with Crippen molar-refractivity contribution in [1.29, 1.82) is 5.26 Å². The monoisotopic (exact) mass is 364 g/mol. The van der Waals surface area contributed by atoms with Gasteiger partial charge in [-0.2, -0.15) is 5.26 Å². The van der Waals surface area contributed by atoms with Crippen LogP contribution in [0.2, 0.25) is 0 Å². The fourth-order valence-corrected chi connectivity index (χ4v) is 3.81. The Morgan fingerprint density at radius 1 is 1.26 bits per heavy atom. The lowest BCUT2D eigenvalue weighted by molar-refractivity contribution is -0.125. The molecule has 1 saturated heterocycles. The first kappa shape index (κ1) is 17.2. The van der Waals surface area contributed by atoms with Crippen LogP contribution in [0.4, 0.5) is 4.39 Å². The SMILES string of the molecule is CC1NC(=O)C(CN2Cc3cc(C#N)ccc3C2=O)(c2ccc(F)cc2)N1. The van der Waals surface area contributed by atoms with Crippen molar-refractivity contribution >= 4 is 11.8 Å². The first-order valence-corrected chi connectivity index (χ1v) is 8.60. The zero-order valence-corrected chi connectivity index (χ0v) is 14.6. The third-order valence-electron chi connectivity index (χ3n) is 5.08. The van der Waals surface area contributed by atoms with Crippen LogP contribution in [-0.2, 0) is 16.9 Å². The van der Waals surface area contributed by atoms with E-state index in [2.05, 4.69) is 16.7 Å². The Labute approximate surface area is 155 Å². The number of amides is 2. The number of halogens is 1. The van der Waals surface area contributed by atoms with Crippen molar-refractivity contribution in [2.24, 2.45) is 0 Å². The van der Waals surface area contributed by atoms with Crippen LogP contribution in [0.3, 0.4) is 0 Å². The van der Waals surface area contributed by atoms with E-state index in [0.717, 1.165) is 5.56 Å². The van der Waals surface area contributed by atoms with Crippen LogP contribution in [0.25, 0.3) is 0 Å². The molecular formula is C20H17FN4O2. The summed E-state index contributed by atoms with van der Waals surface area (Å²) in [4.78, 5) is 27.2. The van der Waals surface area contributed by atoms with Gasteiger partial charge < -0.3 is 10.2 Å². The highest BCUT2D eigenvalue weighted by Gasteiger charge is 2.49. The van der Waals surface area contributed by atoms with Gasteiger partial charge in [0.25, 0.3) is 5.91 Å². The molecule has 2 N–H and O–H groups in total. The summed E-state index contributed by atoms with van der Waals surface area (Å²) >= 11 is 0. The molecule has 6 nitrogen and oxygen atoms in total. The van der Waals surface area contributed by atoms with Crippen LogP contribution >= 0.6 is 0 Å². The lowest BCUT2D eigenvalue weighted by Crippen LogP contribution is -2.53. The van der Waals surface area contributed by atoms with E-state index in [0.29, 0.717) is 23.2 Å². The minimum atomic E-state index is -1.16. The van der Waals surface area contributed by atoms with Crippen LogP contribution < -0.4 is 10.6 Å². The topological polar surface area (TPSA) is 85.2 Å². The second kappa shape index (κ2) is 6.18. The maximum Gasteiger partial charge on any atom is 0.254 e. The van der Waals surface area contributed by atoms with Crippen molar-refractivity contribution in [1.82, 2.24) is 15.5 Å². The van der Waals surface area contributed by atoms with Crippen molar-refractivity contribution in [3.63, 3.8) is 0 Å². The molecule has 0 aliphatic carbocycles. The molecule has 2 atom stereocenters. The first-order valence-electron chi connectivity index (χ1n) is 8.60. The zero-order chi connectivity index (χ0) is 19.2. The van der Waals surface area contributed by atoms with Crippen LogP contribution in [0, 0.1) is 17.1 Å². The van der Waals surface area contributed by atoms with E-state index >= 15 is 0 Å².